The SMILES string of the molecule is CC=Cc1ccc(F)cc1Cl. The van der Waals surface area contributed by atoms with E-state index in [1.54, 1.807) is 6.07 Å². The van der Waals surface area contributed by atoms with E-state index in [2.05, 4.69) is 0 Å². The van der Waals surface area contributed by atoms with Gasteiger partial charge in [0.15, 0.2) is 0 Å². The minimum absolute atomic E-state index is 0.303. The lowest BCUT2D eigenvalue weighted by Crippen LogP contribution is -1.77. The molecule has 0 amide bonds. The van der Waals surface area contributed by atoms with Crippen molar-refractivity contribution in [3.63, 3.8) is 0 Å². The van der Waals surface area contributed by atoms with Gasteiger partial charge in [0, 0.05) is 0 Å². The van der Waals surface area contributed by atoms with Crippen molar-refractivity contribution in [1.29, 1.82) is 0 Å². The van der Waals surface area contributed by atoms with Crippen LogP contribution in [0.1, 0.15) is 12.5 Å². The van der Waals surface area contributed by atoms with Crippen molar-refractivity contribution in [2.75, 3.05) is 0 Å². The highest BCUT2D eigenvalue weighted by Crippen LogP contribution is 2.18. The minimum atomic E-state index is -0.303. The third kappa shape index (κ3) is 2.05. The molecule has 58 valence electrons. The average Bonchev–Trinajstić information content (AvgIpc) is 1.95. The Morgan fingerprint density at radius 3 is 2.73 bits per heavy atom. The topological polar surface area (TPSA) is 0 Å². The van der Waals surface area contributed by atoms with E-state index < -0.39 is 0 Å². The van der Waals surface area contributed by atoms with Crippen LogP contribution in [-0.2, 0) is 0 Å². The highest BCUT2D eigenvalue weighted by Gasteiger charge is 1.96. The standard InChI is InChI=1S/C9H8ClF/c1-2-3-7-4-5-8(11)6-9(7)10/h2-6H,1H3. The summed E-state index contributed by atoms with van der Waals surface area (Å²) in [5, 5.41) is 0.447. The van der Waals surface area contributed by atoms with Gasteiger partial charge in [-0.1, -0.05) is 29.8 Å². The van der Waals surface area contributed by atoms with Gasteiger partial charge in [-0.2, -0.15) is 0 Å². The first kappa shape index (κ1) is 8.28. The van der Waals surface area contributed by atoms with Crippen LogP contribution >= 0.6 is 11.6 Å². The minimum Gasteiger partial charge on any atom is -0.207 e. The van der Waals surface area contributed by atoms with Gasteiger partial charge in [-0.25, -0.2) is 4.39 Å². The molecule has 0 aromatic heterocycles. The molecule has 0 aliphatic heterocycles. The van der Waals surface area contributed by atoms with E-state index >= 15 is 0 Å². The normalized spacial score (nSPS) is 10.8. The molecule has 0 bridgehead atoms. The largest absolute Gasteiger partial charge is 0.207 e. The molecule has 2 heteroatoms. The Bertz CT molecular complexity index is 279. The molecule has 0 heterocycles. The fourth-order valence-corrected chi connectivity index (χ4v) is 1.05. The Labute approximate surface area is 70.3 Å². The Hall–Kier alpha value is -0.820. The molecule has 0 saturated heterocycles. The Balaban J connectivity index is 3.09. The maximum absolute atomic E-state index is 12.5. The van der Waals surface area contributed by atoms with Crippen LogP contribution in [-0.4, -0.2) is 0 Å². The molecule has 0 aliphatic carbocycles. The van der Waals surface area contributed by atoms with Crippen molar-refractivity contribution in [1.82, 2.24) is 0 Å². The van der Waals surface area contributed by atoms with E-state index in [1.165, 1.54) is 12.1 Å². The summed E-state index contributed by atoms with van der Waals surface area (Å²) in [4.78, 5) is 0. The Morgan fingerprint density at radius 2 is 2.18 bits per heavy atom. The average molecular weight is 171 g/mol. The van der Waals surface area contributed by atoms with Gasteiger partial charge in [-0.05, 0) is 24.6 Å². The van der Waals surface area contributed by atoms with Gasteiger partial charge >= 0.3 is 0 Å². The van der Waals surface area contributed by atoms with Gasteiger partial charge in [-0.3, -0.25) is 0 Å². The van der Waals surface area contributed by atoms with Crippen molar-refractivity contribution in [2.45, 2.75) is 6.92 Å². The van der Waals surface area contributed by atoms with E-state index in [9.17, 15) is 4.39 Å². The number of halogens is 2. The molecule has 11 heavy (non-hydrogen) atoms. The van der Waals surface area contributed by atoms with Crippen LogP contribution in [0.5, 0.6) is 0 Å². The number of allylic oxidation sites excluding steroid dienone is 1. The zero-order valence-corrected chi connectivity index (χ0v) is 6.90. The van der Waals surface area contributed by atoms with Crippen molar-refractivity contribution in [3.05, 3.63) is 40.7 Å². The van der Waals surface area contributed by atoms with Gasteiger partial charge in [0.1, 0.15) is 5.82 Å². The van der Waals surface area contributed by atoms with Crippen LogP contribution in [0.2, 0.25) is 5.02 Å². The van der Waals surface area contributed by atoms with E-state index in [4.69, 9.17) is 11.6 Å². The van der Waals surface area contributed by atoms with Gasteiger partial charge in [0.05, 0.1) is 5.02 Å². The highest BCUT2D eigenvalue weighted by atomic mass is 35.5. The number of benzene rings is 1. The molecule has 1 rings (SSSR count). The first-order valence-corrected chi connectivity index (χ1v) is 3.69. The van der Waals surface area contributed by atoms with Crippen molar-refractivity contribution in [3.8, 4) is 0 Å². The lowest BCUT2D eigenvalue weighted by molar-refractivity contribution is 0.628. The summed E-state index contributed by atoms with van der Waals surface area (Å²) in [7, 11) is 0. The molecule has 0 unspecified atom stereocenters. The second kappa shape index (κ2) is 3.54. The third-order valence-electron chi connectivity index (χ3n) is 1.31. The van der Waals surface area contributed by atoms with E-state index in [0.29, 0.717) is 5.02 Å². The Kier molecular flexibility index (Phi) is 2.66. The van der Waals surface area contributed by atoms with Gasteiger partial charge in [-0.15, -0.1) is 0 Å². The summed E-state index contributed by atoms with van der Waals surface area (Å²) < 4.78 is 12.5. The number of rotatable bonds is 1. The summed E-state index contributed by atoms with van der Waals surface area (Å²) in [6.07, 6.45) is 3.70. The van der Waals surface area contributed by atoms with Crippen LogP contribution in [0.25, 0.3) is 6.08 Å². The molecule has 0 nitrogen and oxygen atoms in total. The molecule has 1 aromatic rings. The molecule has 1 aromatic carbocycles. The van der Waals surface area contributed by atoms with Crippen LogP contribution < -0.4 is 0 Å². The number of hydrogen-bond donors (Lipinski definition) is 0. The van der Waals surface area contributed by atoms with E-state index in [0.717, 1.165) is 5.56 Å². The monoisotopic (exact) mass is 170 g/mol. The second-order valence-corrected chi connectivity index (χ2v) is 2.57. The zero-order chi connectivity index (χ0) is 8.27. The molecule has 0 radical (unpaired) electrons. The predicted octanol–water partition coefficient (Wildman–Crippen LogP) is 3.51. The second-order valence-electron chi connectivity index (χ2n) is 2.17. The van der Waals surface area contributed by atoms with Gasteiger partial charge in [0.2, 0.25) is 0 Å². The Morgan fingerprint density at radius 1 is 1.45 bits per heavy atom. The smallest absolute Gasteiger partial charge is 0.124 e. The summed E-state index contributed by atoms with van der Waals surface area (Å²) >= 11 is 5.72. The molecule has 0 aliphatic rings. The van der Waals surface area contributed by atoms with E-state index in [-0.39, 0.29) is 5.82 Å². The summed E-state index contributed by atoms with van der Waals surface area (Å²) in [6, 6.07) is 4.34. The van der Waals surface area contributed by atoms with Crippen LogP contribution in [0, 0.1) is 5.82 Å². The first-order valence-electron chi connectivity index (χ1n) is 3.32. The van der Waals surface area contributed by atoms with Gasteiger partial charge in [0.25, 0.3) is 0 Å². The van der Waals surface area contributed by atoms with Crippen LogP contribution in [0.3, 0.4) is 0 Å². The van der Waals surface area contributed by atoms with E-state index in [1.807, 2.05) is 19.1 Å². The maximum atomic E-state index is 12.5. The summed E-state index contributed by atoms with van der Waals surface area (Å²) in [6.45, 7) is 1.89. The number of hydrogen-bond acceptors (Lipinski definition) is 0. The fraction of sp³-hybridized carbons (Fsp3) is 0.111. The molecular formula is C9H8ClF. The van der Waals surface area contributed by atoms with Gasteiger partial charge < -0.3 is 0 Å². The molecule has 0 fully saturated rings. The van der Waals surface area contributed by atoms with Crippen LogP contribution in [0.15, 0.2) is 24.3 Å². The lowest BCUT2D eigenvalue weighted by atomic mass is 10.2. The van der Waals surface area contributed by atoms with Crippen LogP contribution in [0.4, 0.5) is 4.39 Å². The molecular weight excluding hydrogens is 163 g/mol. The summed E-state index contributed by atoms with van der Waals surface area (Å²) in [5.74, 6) is -0.303. The third-order valence-corrected chi connectivity index (χ3v) is 1.64. The molecule has 0 spiro atoms. The first-order chi connectivity index (χ1) is 5.24. The maximum Gasteiger partial charge on any atom is 0.124 e. The molecule has 0 atom stereocenters. The van der Waals surface area contributed by atoms with Crippen molar-refractivity contribution in [2.24, 2.45) is 0 Å². The summed E-state index contributed by atoms with van der Waals surface area (Å²) in [5.41, 5.74) is 0.843. The van der Waals surface area contributed by atoms with Crippen molar-refractivity contribution >= 4 is 17.7 Å². The lowest BCUT2D eigenvalue weighted by Gasteiger charge is -1.96. The predicted molar refractivity (Wildman–Crippen MR) is 46.1 cm³/mol. The quantitative estimate of drug-likeness (QED) is 0.605. The fourth-order valence-electron chi connectivity index (χ4n) is 0.816. The highest BCUT2D eigenvalue weighted by molar-refractivity contribution is 6.32. The molecule has 0 saturated carbocycles. The van der Waals surface area contributed by atoms with Crippen molar-refractivity contribution < 1.29 is 4.39 Å². The molecule has 0 N–H and O–H groups in total. The zero-order valence-electron chi connectivity index (χ0n) is 6.14.